The zero-order chi connectivity index (χ0) is 32.8. The number of nitrogens with one attached hydrogen (secondary N) is 1. The molecule has 3 aromatic rings. The van der Waals surface area contributed by atoms with E-state index in [1.54, 1.807) is 13.2 Å². The predicted octanol–water partition coefficient (Wildman–Crippen LogP) is 9.97. The van der Waals surface area contributed by atoms with Gasteiger partial charge in [0.25, 0.3) is 0 Å². The second kappa shape index (κ2) is 21.2. The zero-order valence-electron chi connectivity index (χ0n) is 28.1. The van der Waals surface area contributed by atoms with Gasteiger partial charge in [-0.25, -0.2) is 4.57 Å². The molecule has 0 fully saturated rings. The third-order valence-electron chi connectivity index (χ3n) is 7.88. The summed E-state index contributed by atoms with van der Waals surface area (Å²) in [6.45, 7) is 16.5. The lowest BCUT2D eigenvalue weighted by molar-refractivity contribution is -0.697. The average Bonchev–Trinajstić information content (AvgIpc) is 3.08. The lowest BCUT2D eigenvalue weighted by Gasteiger charge is -2.10. The van der Waals surface area contributed by atoms with E-state index in [2.05, 4.69) is 128 Å². The molecule has 3 rings (SSSR count). The van der Waals surface area contributed by atoms with Gasteiger partial charge < -0.3 is 10.1 Å². The second-order valence-corrected chi connectivity index (χ2v) is 11.6. The maximum atomic E-state index is 5.72. The molecule has 0 saturated carbocycles. The highest BCUT2D eigenvalue weighted by atomic mass is 16.5. The zero-order valence-corrected chi connectivity index (χ0v) is 28.1. The van der Waals surface area contributed by atoms with Gasteiger partial charge in [-0.15, -0.1) is 0 Å². The Balaban J connectivity index is 1.43. The van der Waals surface area contributed by atoms with Gasteiger partial charge in [0.15, 0.2) is 12.4 Å². The Bertz CT molecular complexity index is 1510. The van der Waals surface area contributed by atoms with Gasteiger partial charge in [-0.05, 0) is 91.1 Å². The molecule has 0 aliphatic rings. The first-order valence-electron chi connectivity index (χ1n) is 16.6. The normalized spacial score (nSPS) is 11.6. The van der Waals surface area contributed by atoms with E-state index in [-0.39, 0.29) is 0 Å². The highest BCUT2D eigenvalue weighted by Crippen LogP contribution is 2.24. The van der Waals surface area contributed by atoms with Gasteiger partial charge in [0.05, 0.1) is 7.11 Å². The molecule has 0 spiro atoms. The molecule has 1 aromatic heterocycles. The van der Waals surface area contributed by atoms with Crippen LogP contribution in [0.1, 0.15) is 66.8 Å². The number of methoxy groups -OCH3 is 1. The summed E-state index contributed by atoms with van der Waals surface area (Å²) in [6.07, 6.45) is 30.8. The largest absolute Gasteiger partial charge is 0.496 e. The van der Waals surface area contributed by atoms with Crippen LogP contribution in [0.3, 0.4) is 0 Å². The van der Waals surface area contributed by atoms with Crippen LogP contribution >= 0.6 is 0 Å². The van der Waals surface area contributed by atoms with Crippen LogP contribution in [-0.4, -0.2) is 13.7 Å². The summed E-state index contributed by atoms with van der Waals surface area (Å²) in [4.78, 5) is 0. The lowest BCUT2D eigenvalue weighted by Crippen LogP contribution is -2.32. The molecule has 0 radical (unpaired) electrons. The van der Waals surface area contributed by atoms with Crippen LogP contribution in [-0.2, 0) is 25.8 Å². The Morgan fingerprint density at radius 1 is 0.783 bits per heavy atom. The molecule has 0 unspecified atom stereocenters. The monoisotopic (exact) mass is 613 g/mol. The maximum absolute atomic E-state index is 5.72. The summed E-state index contributed by atoms with van der Waals surface area (Å²) in [5, 5.41) is 3.34. The summed E-state index contributed by atoms with van der Waals surface area (Å²) in [7, 11) is 1.75. The van der Waals surface area contributed by atoms with Crippen molar-refractivity contribution >= 4 is 12.2 Å². The Labute approximate surface area is 278 Å². The molecule has 0 bridgehead atoms. The van der Waals surface area contributed by atoms with E-state index in [0.29, 0.717) is 0 Å². The standard InChI is InChI=1S/C43H53N2O/c1-6-8-9-13-28-44-29-14-11-18-41-26-24-38(34-40(41)7-2)22-20-36(3)33-37(4)21-23-39-25-27-42(43(35-39)46-5)19-12-17-32-45-30-15-10-16-31-45/h6,8-10,13,15-16,20-28,30-31,34-35,44H,1,3-4,7,11-12,14,17-19,29,32-33H2,2,5H3/q+1/b9-8-,22-20+,23-21+,28-13-. The third kappa shape index (κ3) is 13.6. The highest BCUT2D eigenvalue weighted by molar-refractivity contribution is 5.58. The quantitative estimate of drug-likeness (QED) is 0.0735. The molecule has 0 aliphatic carbocycles. The Hall–Kier alpha value is -4.63. The third-order valence-corrected chi connectivity index (χ3v) is 7.88. The molecule has 0 aliphatic heterocycles. The molecule has 1 N–H and O–H groups in total. The second-order valence-electron chi connectivity index (χ2n) is 11.6. The number of unbranched alkanes of at least 4 members (excludes halogenated alkanes) is 2. The van der Waals surface area contributed by atoms with Gasteiger partial charge in [-0.3, -0.25) is 0 Å². The van der Waals surface area contributed by atoms with E-state index in [0.717, 1.165) is 80.5 Å². The van der Waals surface area contributed by atoms with Crippen molar-refractivity contribution in [3.8, 4) is 5.75 Å². The summed E-state index contributed by atoms with van der Waals surface area (Å²) < 4.78 is 7.96. The van der Waals surface area contributed by atoms with E-state index < -0.39 is 0 Å². The first-order valence-corrected chi connectivity index (χ1v) is 16.6. The number of hydrogen-bond donors (Lipinski definition) is 1. The van der Waals surface area contributed by atoms with Crippen LogP contribution < -0.4 is 14.6 Å². The Morgan fingerprint density at radius 3 is 2.15 bits per heavy atom. The minimum Gasteiger partial charge on any atom is -0.496 e. The van der Waals surface area contributed by atoms with E-state index >= 15 is 0 Å². The number of aryl methyl sites for hydroxylation is 4. The molecule has 0 amide bonds. The van der Waals surface area contributed by atoms with Crippen LogP contribution in [0.5, 0.6) is 5.75 Å². The van der Waals surface area contributed by atoms with Crippen molar-refractivity contribution in [2.24, 2.45) is 0 Å². The SMILES string of the molecule is C=C/C=C\C=C/NCCCCc1ccc(/C=C/C(=C)CC(=C)/C=C/c2ccc(CCCC[n+]3ccccc3)c(OC)c2)cc1CC. The first-order chi connectivity index (χ1) is 22.5. The van der Waals surface area contributed by atoms with Crippen LogP contribution in [0.2, 0.25) is 0 Å². The van der Waals surface area contributed by atoms with E-state index in [9.17, 15) is 0 Å². The highest BCUT2D eigenvalue weighted by Gasteiger charge is 2.06. The molecule has 1 heterocycles. The van der Waals surface area contributed by atoms with Gasteiger partial charge in [0.2, 0.25) is 0 Å². The van der Waals surface area contributed by atoms with Gasteiger partial charge in [0, 0.05) is 25.1 Å². The van der Waals surface area contributed by atoms with E-state index in [1.807, 2.05) is 24.4 Å². The van der Waals surface area contributed by atoms with Gasteiger partial charge >= 0.3 is 0 Å². The smallest absolute Gasteiger partial charge is 0.168 e. The van der Waals surface area contributed by atoms with Crippen LogP contribution in [0.25, 0.3) is 12.2 Å². The van der Waals surface area contributed by atoms with Gasteiger partial charge in [0.1, 0.15) is 12.3 Å². The first kappa shape index (κ1) is 35.8. The number of rotatable bonds is 21. The number of aromatic nitrogens is 1. The lowest BCUT2D eigenvalue weighted by atomic mass is 9.97. The van der Waals surface area contributed by atoms with E-state index in [4.69, 9.17) is 4.74 Å². The number of benzene rings is 2. The fourth-order valence-corrected chi connectivity index (χ4v) is 5.32. The molecular formula is C43H53N2O+. The Morgan fingerprint density at radius 2 is 1.46 bits per heavy atom. The van der Waals surface area contributed by atoms with Crippen molar-refractivity contribution in [2.75, 3.05) is 13.7 Å². The molecule has 3 heteroatoms. The van der Waals surface area contributed by atoms with Gasteiger partial charge in [-0.1, -0.05) is 117 Å². The number of allylic oxidation sites excluding steroid dienone is 8. The van der Waals surface area contributed by atoms with Crippen molar-refractivity contribution in [3.63, 3.8) is 0 Å². The Kier molecular flexibility index (Phi) is 16.5. The molecule has 0 saturated heterocycles. The van der Waals surface area contributed by atoms with Crippen LogP contribution in [0.4, 0.5) is 0 Å². The molecule has 0 atom stereocenters. The van der Waals surface area contributed by atoms with Crippen molar-refractivity contribution in [1.82, 2.24) is 5.32 Å². The van der Waals surface area contributed by atoms with Crippen molar-refractivity contribution in [1.29, 1.82) is 0 Å². The molecule has 3 nitrogen and oxygen atoms in total. The average molecular weight is 614 g/mol. The number of hydrogen-bond acceptors (Lipinski definition) is 2. The number of pyridine rings is 1. The predicted molar refractivity (Wildman–Crippen MR) is 199 cm³/mol. The van der Waals surface area contributed by atoms with Crippen LogP contribution in [0, 0.1) is 0 Å². The number of ether oxygens (including phenoxy) is 1. The van der Waals surface area contributed by atoms with Crippen LogP contribution in [0.15, 0.2) is 141 Å². The molecule has 240 valence electrons. The topological polar surface area (TPSA) is 25.1 Å². The van der Waals surface area contributed by atoms with Crippen molar-refractivity contribution < 1.29 is 9.30 Å². The summed E-state index contributed by atoms with van der Waals surface area (Å²) in [5.74, 6) is 0.947. The molecular weight excluding hydrogens is 560 g/mol. The summed E-state index contributed by atoms with van der Waals surface area (Å²) in [5.41, 5.74) is 8.53. The molecule has 2 aromatic carbocycles. The van der Waals surface area contributed by atoms with Crippen molar-refractivity contribution in [2.45, 2.75) is 64.8 Å². The molecule has 46 heavy (non-hydrogen) atoms. The van der Waals surface area contributed by atoms with Gasteiger partial charge in [-0.2, -0.15) is 0 Å². The number of nitrogens with zero attached hydrogens (tertiary/aromatic N) is 1. The van der Waals surface area contributed by atoms with E-state index in [1.165, 1.54) is 28.7 Å². The fourth-order valence-electron chi connectivity index (χ4n) is 5.32. The summed E-state index contributed by atoms with van der Waals surface area (Å²) >= 11 is 0. The maximum Gasteiger partial charge on any atom is 0.168 e. The van der Waals surface area contributed by atoms with Crippen molar-refractivity contribution in [3.05, 3.63) is 168 Å². The summed E-state index contributed by atoms with van der Waals surface area (Å²) in [6, 6.07) is 19.5. The fraction of sp³-hybridized carbons (Fsp3) is 0.279. The minimum absolute atomic E-state index is 0.730. The minimum atomic E-state index is 0.730.